The number of nitrogens with zero attached hydrogens (tertiary/aromatic N) is 2. The van der Waals surface area contributed by atoms with Crippen molar-refractivity contribution in [2.24, 2.45) is 0 Å². The lowest BCUT2D eigenvalue weighted by atomic mass is 9.95. The number of benzene rings is 7. The maximum absolute atomic E-state index is 6.75. The van der Waals surface area contributed by atoms with E-state index in [1.54, 1.807) is 0 Å². The Morgan fingerprint density at radius 3 is 1.60 bits per heavy atom. The summed E-state index contributed by atoms with van der Waals surface area (Å²) >= 11 is 0. The highest BCUT2D eigenvalue weighted by Crippen LogP contribution is 2.42. The highest BCUT2D eigenvalue weighted by molar-refractivity contribution is 6.23. The van der Waals surface area contributed by atoms with Crippen LogP contribution in [-0.2, 0) is 0 Å². The van der Waals surface area contributed by atoms with Crippen molar-refractivity contribution < 1.29 is 4.42 Å². The van der Waals surface area contributed by atoms with Crippen LogP contribution in [0.2, 0.25) is 0 Å². The summed E-state index contributed by atoms with van der Waals surface area (Å²) in [5, 5.41) is 6.81. The summed E-state index contributed by atoms with van der Waals surface area (Å²) in [6, 6.07) is 48.6. The minimum Gasteiger partial charge on any atom is -0.455 e. The van der Waals surface area contributed by atoms with Crippen LogP contribution in [0, 0.1) is 0 Å². The molecule has 0 N–H and O–H groups in total. The van der Waals surface area contributed by atoms with Crippen LogP contribution in [0.15, 0.2) is 150 Å². The maximum Gasteiger partial charge on any atom is 0.143 e. The van der Waals surface area contributed by atoms with Gasteiger partial charge in [-0.25, -0.2) is 4.98 Å². The number of furan rings is 1. The van der Waals surface area contributed by atoms with Gasteiger partial charge in [-0.1, -0.05) is 140 Å². The first kappa shape index (κ1) is 23.9. The van der Waals surface area contributed by atoms with Gasteiger partial charge in [0.1, 0.15) is 11.2 Å². The Balaban J connectivity index is 1.29. The first-order valence-corrected chi connectivity index (χ1v) is 14.5. The van der Waals surface area contributed by atoms with E-state index < -0.39 is 0 Å². The van der Waals surface area contributed by atoms with E-state index in [0.29, 0.717) is 0 Å². The fraction of sp³-hybridized carbons (Fsp3) is 0. The second-order valence-electron chi connectivity index (χ2n) is 10.9. The van der Waals surface area contributed by atoms with Crippen LogP contribution in [0.5, 0.6) is 0 Å². The molecule has 200 valence electrons. The van der Waals surface area contributed by atoms with Gasteiger partial charge in [-0.15, -0.1) is 0 Å². The highest BCUT2D eigenvalue weighted by atomic mass is 16.3. The third-order valence-corrected chi connectivity index (χ3v) is 8.53. The molecular weight excluding hydrogens is 524 g/mol. The molecule has 2 aromatic heterocycles. The lowest BCUT2D eigenvalue weighted by Crippen LogP contribution is -1.94. The number of hydrogen-bond donors (Lipinski definition) is 0. The van der Waals surface area contributed by atoms with Gasteiger partial charge >= 0.3 is 0 Å². The Morgan fingerprint density at radius 2 is 0.884 bits per heavy atom. The molecule has 43 heavy (non-hydrogen) atoms. The predicted molar refractivity (Wildman–Crippen MR) is 178 cm³/mol. The van der Waals surface area contributed by atoms with Gasteiger partial charge in [0.25, 0.3) is 0 Å². The van der Waals surface area contributed by atoms with Gasteiger partial charge in [0.05, 0.1) is 22.9 Å². The molecule has 0 atom stereocenters. The molecule has 2 heterocycles. The quantitative estimate of drug-likeness (QED) is 0.206. The van der Waals surface area contributed by atoms with Crippen LogP contribution < -0.4 is 0 Å². The summed E-state index contributed by atoms with van der Waals surface area (Å²) in [7, 11) is 0. The predicted octanol–water partition coefficient (Wildman–Crippen LogP) is 10.8. The Hall–Kier alpha value is -5.80. The molecule has 0 aliphatic heterocycles. The third kappa shape index (κ3) is 3.62. The highest BCUT2D eigenvalue weighted by Gasteiger charge is 2.19. The lowest BCUT2D eigenvalue weighted by molar-refractivity contribution is 0.671. The van der Waals surface area contributed by atoms with Crippen LogP contribution in [0.1, 0.15) is 0 Å². The average molecular weight is 549 g/mol. The van der Waals surface area contributed by atoms with Gasteiger partial charge < -0.3 is 4.42 Å². The minimum atomic E-state index is 0.835. The zero-order valence-corrected chi connectivity index (χ0v) is 23.2. The smallest absolute Gasteiger partial charge is 0.143 e. The van der Waals surface area contributed by atoms with Gasteiger partial charge in [-0.05, 0) is 21.9 Å². The molecule has 9 aromatic rings. The molecule has 0 fully saturated rings. The zero-order chi connectivity index (χ0) is 28.3. The SMILES string of the molecule is c1ccc(-c2cccc3c2oc2c(-c4ccccc4-c4cnc5c6ccccc6c6ccccc6c5n4)cccc23)cc1. The van der Waals surface area contributed by atoms with Gasteiger partial charge in [0.15, 0.2) is 0 Å². The van der Waals surface area contributed by atoms with E-state index in [1.165, 1.54) is 10.8 Å². The van der Waals surface area contributed by atoms with E-state index in [9.17, 15) is 0 Å². The Labute approximate surface area is 247 Å². The molecule has 0 saturated heterocycles. The normalized spacial score (nSPS) is 11.7. The van der Waals surface area contributed by atoms with Gasteiger partial charge in [0, 0.05) is 38.2 Å². The molecule has 0 aliphatic rings. The molecule has 0 radical (unpaired) electrons. The molecule has 3 heteroatoms. The molecule has 0 bridgehead atoms. The van der Waals surface area contributed by atoms with Crippen molar-refractivity contribution in [3.8, 4) is 33.5 Å². The fourth-order valence-corrected chi connectivity index (χ4v) is 6.57. The van der Waals surface area contributed by atoms with E-state index in [0.717, 1.165) is 77.3 Å². The molecule has 0 spiro atoms. The fourth-order valence-electron chi connectivity index (χ4n) is 6.57. The van der Waals surface area contributed by atoms with Crippen molar-refractivity contribution in [3.63, 3.8) is 0 Å². The van der Waals surface area contributed by atoms with Crippen molar-refractivity contribution in [1.29, 1.82) is 0 Å². The second kappa shape index (κ2) is 9.37. The Morgan fingerprint density at radius 1 is 0.372 bits per heavy atom. The van der Waals surface area contributed by atoms with E-state index in [-0.39, 0.29) is 0 Å². The third-order valence-electron chi connectivity index (χ3n) is 8.53. The number of hydrogen-bond acceptors (Lipinski definition) is 3. The minimum absolute atomic E-state index is 0.835. The lowest BCUT2D eigenvalue weighted by Gasteiger charge is -2.13. The Bertz CT molecular complexity index is 2470. The first-order chi connectivity index (χ1) is 21.3. The van der Waals surface area contributed by atoms with Crippen molar-refractivity contribution in [2.75, 3.05) is 0 Å². The largest absolute Gasteiger partial charge is 0.455 e. The van der Waals surface area contributed by atoms with Gasteiger partial charge in [-0.3, -0.25) is 4.98 Å². The van der Waals surface area contributed by atoms with Gasteiger partial charge in [-0.2, -0.15) is 0 Å². The summed E-state index contributed by atoms with van der Waals surface area (Å²) in [6.45, 7) is 0. The van der Waals surface area contributed by atoms with Gasteiger partial charge in [0.2, 0.25) is 0 Å². The number of rotatable bonds is 3. The average Bonchev–Trinajstić information content (AvgIpc) is 3.48. The molecule has 7 aromatic carbocycles. The number of para-hydroxylation sites is 2. The second-order valence-corrected chi connectivity index (χ2v) is 10.9. The standard InChI is InChI=1S/C40H24N2O/c1-2-12-25(13-3-1)26-20-10-22-34-35-23-11-21-33(40(35)43-39(26)34)29-16-4-7-17-30(29)36-24-41-37-31-18-8-5-14-27(31)28-15-6-9-19-32(28)38(37)42-36/h1-24H. The summed E-state index contributed by atoms with van der Waals surface area (Å²) < 4.78 is 6.75. The molecule has 3 nitrogen and oxygen atoms in total. The summed E-state index contributed by atoms with van der Waals surface area (Å²) in [5.41, 5.74) is 9.79. The van der Waals surface area contributed by atoms with Crippen molar-refractivity contribution >= 4 is 54.5 Å². The van der Waals surface area contributed by atoms with Crippen molar-refractivity contribution in [3.05, 3.63) is 146 Å². The summed E-state index contributed by atoms with van der Waals surface area (Å²) in [6.07, 6.45) is 1.91. The first-order valence-electron chi connectivity index (χ1n) is 14.5. The summed E-state index contributed by atoms with van der Waals surface area (Å²) in [4.78, 5) is 10.3. The van der Waals surface area contributed by atoms with Crippen LogP contribution >= 0.6 is 0 Å². The van der Waals surface area contributed by atoms with Crippen molar-refractivity contribution in [1.82, 2.24) is 9.97 Å². The van der Waals surface area contributed by atoms with Crippen LogP contribution in [0.3, 0.4) is 0 Å². The monoisotopic (exact) mass is 548 g/mol. The molecular formula is C40H24N2O. The molecule has 0 amide bonds. The van der Waals surface area contributed by atoms with Crippen LogP contribution in [0.25, 0.3) is 88.0 Å². The topological polar surface area (TPSA) is 38.9 Å². The maximum atomic E-state index is 6.75. The van der Waals surface area contributed by atoms with Crippen molar-refractivity contribution in [2.45, 2.75) is 0 Å². The van der Waals surface area contributed by atoms with Crippen LogP contribution in [0.4, 0.5) is 0 Å². The number of aromatic nitrogens is 2. The molecule has 0 saturated carbocycles. The molecule has 0 aliphatic carbocycles. The van der Waals surface area contributed by atoms with Crippen LogP contribution in [-0.4, -0.2) is 9.97 Å². The van der Waals surface area contributed by atoms with E-state index in [4.69, 9.17) is 14.4 Å². The van der Waals surface area contributed by atoms with E-state index in [2.05, 4.69) is 133 Å². The number of fused-ring (bicyclic) bond motifs is 9. The summed E-state index contributed by atoms with van der Waals surface area (Å²) in [5.74, 6) is 0. The zero-order valence-electron chi connectivity index (χ0n) is 23.2. The van der Waals surface area contributed by atoms with E-state index >= 15 is 0 Å². The molecule has 9 rings (SSSR count). The Kier molecular flexibility index (Phi) is 5.20. The molecule has 0 unspecified atom stereocenters. The van der Waals surface area contributed by atoms with E-state index in [1.807, 2.05) is 12.3 Å².